The number of alkyl halides is 1. The Hall–Kier alpha value is -1.28. The van der Waals surface area contributed by atoms with Gasteiger partial charge in [-0.05, 0) is 36.8 Å². The maximum Gasteiger partial charge on any atom is 0.297 e. The first-order valence-corrected chi connectivity index (χ1v) is 9.45. The lowest BCUT2D eigenvalue weighted by molar-refractivity contribution is 0.0279. The molecule has 0 saturated heterocycles. The van der Waals surface area contributed by atoms with Gasteiger partial charge in [0.2, 0.25) is 0 Å². The van der Waals surface area contributed by atoms with E-state index in [-0.39, 0.29) is 11.3 Å². The SMILES string of the molecule is Cc1ccc(S(=O)(=O)OCC(F)(CO)Cc2ccc(Br)cc2)cc1. The smallest absolute Gasteiger partial charge is 0.297 e. The van der Waals surface area contributed by atoms with Crippen LogP contribution in [-0.4, -0.2) is 32.4 Å². The summed E-state index contributed by atoms with van der Waals surface area (Å²) in [6, 6.07) is 13.0. The summed E-state index contributed by atoms with van der Waals surface area (Å²) < 4.78 is 44.7. The molecule has 130 valence electrons. The molecule has 0 radical (unpaired) electrons. The van der Waals surface area contributed by atoms with Crippen LogP contribution in [0.2, 0.25) is 0 Å². The molecule has 2 aromatic rings. The normalized spacial score (nSPS) is 14.3. The van der Waals surface area contributed by atoms with Gasteiger partial charge in [-0.15, -0.1) is 0 Å². The highest BCUT2D eigenvalue weighted by Crippen LogP contribution is 2.23. The number of aliphatic hydroxyl groups excluding tert-OH is 1. The molecule has 4 nitrogen and oxygen atoms in total. The molecule has 1 N–H and O–H groups in total. The topological polar surface area (TPSA) is 63.6 Å². The first-order valence-electron chi connectivity index (χ1n) is 7.24. The second-order valence-corrected chi connectivity index (χ2v) is 8.17. The van der Waals surface area contributed by atoms with Gasteiger partial charge in [-0.2, -0.15) is 8.42 Å². The molecule has 0 heterocycles. The Morgan fingerprint density at radius 2 is 1.71 bits per heavy atom. The van der Waals surface area contributed by atoms with Gasteiger partial charge >= 0.3 is 0 Å². The Bertz CT molecular complexity index is 775. The fourth-order valence-electron chi connectivity index (χ4n) is 2.08. The van der Waals surface area contributed by atoms with Crippen LogP contribution in [0.3, 0.4) is 0 Å². The average molecular weight is 417 g/mol. The summed E-state index contributed by atoms with van der Waals surface area (Å²) in [6.45, 7) is 0.232. The number of halogens is 2. The van der Waals surface area contributed by atoms with E-state index in [1.54, 1.807) is 36.4 Å². The fourth-order valence-corrected chi connectivity index (χ4v) is 3.31. The summed E-state index contributed by atoms with van der Waals surface area (Å²) in [6.07, 6.45) is -0.153. The highest BCUT2D eigenvalue weighted by Gasteiger charge is 2.32. The van der Waals surface area contributed by atoms with Crippen LogP contribution in [0.25, 0.3) is 0 Å². The quantitative estimate of drug-likeness (QED) is 0.702. The molecular weight excluding hydrogens is 399 g/mol. The van der Waals surface area contributed by atoms with Crippen LogP contribution in [0.1, 0.15) is 11.1 Å². The van der Waals surface area contributed by atoms with E-state index < -0.39 is 29.0 Å². The second kappa shape index (κ2) is 7.74. The molecule has 7 heteroatoms. The number of aliphatic hydroxyl groups is 1. The maximum atomic E-state index is 14.8. The molecule has 0 spiro atoms. The van der Waals surface area contributed by atoms with Crippen molar-refractivity contribution in [1.82, 2.24) is 0 Å². The molecule has 0 aliphatic carbocycles. The van der Waals surface area contributed by atoms with E-state index in [1.165, 1.54) is 12.1 Å². The summed E-state index contributed by atoms with van der Waals surface area (Å²) in [5, 5.41) is 9.35. The number of aryl methyl sites for hydroxylation is 1. The van der Waals surface area contributed by atoms with Gasteiger partial charge in [0.1, 0.15) is 6.61 Å². The van der Waals surface area contributed by atoms with Crippen LogP contribution in [0, 0.1) is 6.92 Å². The van der Waals surface area contributed by atoms with Crippen LogP contribution in [-0.2, 0) is 20.7 Å². The van der Waals surface area contributed by atoms with Crippen LogP contribution in [0.4, 0.5) is 4.39 Å². The van der Waals surface area contributed by atoms with E-state index in [2.05, 4.69) is 15.9 Å². The predicted octanol–water partition coefficient (Wildman–Crippen LogP) is 3.41. The molecule has 0 bridgehead atoms. The van der Waals surface area contributed by atoms with Gasteiger partial charge in [0, 0.05) is 10.9 Å². The van der Waals surface area contributed by atoms with Gasteiger partial charge in [-0.25, -0.2) is 4.39 Å². The molecule has 1 unspecified atom stereocenters. The van der Waals surface area contributed by atoms with Crippen molar-refractivity contribution in [3.8, 4) is 0 Å². The zero-order valence-electron chi connectivity index (χ0n) is 13.1. The van der Waals surface area contributed by atoms with Crippen molar-refractivity contribution in [3.63, 3.8) is 0 Å². The Morgan fingerprint density at radius 1 is 1.12 bits per heavy atom. The third-order valence-electron chi connectivity index (χ3n) is 3.50. The van der Waals surface area contributed by atoms with Crippen LogP contribution >= 0.6 is 15.9 Å². The summed E-state index contributed by atoms with van der Waals surface area (Å²) in [7, 11) is -4.08. The maximum absolute atomic E-state index is 14.8. The lowest BCUT2D eigenvalue weighted by Gasteiger charge is -2.22. The van der Waals surface area contributed by atoms with Gasteiger partial charge in [-0.3, -0.25) is 4.18 Å². The lowest BCUT2D eigenvalue weighted by atomic mass is 9.98. The Balaban J connectivity index is 2.08. The number of benzene rings is 2. The third-order valence-corrected chi connectivity index (χ3v) is 5.31. The largest absolute Gasteiger partial charge is 0.393 e. The van der Waals surface area contributed by atoms with Crippen molar-refractivity contribution in [1.29, 1.82) is 0 Å². The van der Waals surface area contributed by atoms with Gasteiger partial charge in [0.25, 0.3) is 10.1 Å². The first kappa shape index (κ1) is 19.1. The minimum atomic E-state index is -4.08. The third kappa shape index (κ3) is 5.11. The van der Waals surface area contributed by atoms with E-state index in [0.29, 0.717) is 5.56 Å². The molecule has 2 aromatic carbocycles. The van der Waals surface area contributed by atoms with Crippen LogP contribution in [0.5, 0.6) is 0 Å². The van der Waals surface area contributed by atoms with Crippen LogP contribution in [0.15, 0.2) is 57.9 Å². The van der Waals surface area contributed by atoms with Crippen molar-refractivity contribution < 1.29 is 22.1 Å². The average Bonchev–Trinajstić information content (AvgIpc) is 2.56. The monoisotopic (exact) mass is 416 g/mol. The number of hydrogen-bond donors (Lipinski definition) is 1. The predicted molar refractivity (Wildman–Crippen MR) is 93.1 cm³/mol. The molecule has 0 aliphatic heterocycles. The van der Waals surface area contributed by atoms with E-state index >= 15 is 0 Å². The highest BCUT2D eigenvalue weighted by atomic mass is 79.9. The molecule has 1 atom stereocenters. The zero-order chi connectivity index (χ0) is 17.8. The molecule has 0 saturated carbocycles. The fraction of sp³-hybridized carbons (Fsp3) is 0.294. The Labute approximate surface area is 149 Å². The molecule has 0 fully saturated rings. The van der Waals surface area contributed by atoms with E-state index in [4.69, 9.17) is 4.18 Å². The van der Waals surface area contributed by atoms with Crippen LogP contribution < -0.4 is 0 Å². The van der Waals surface area contributed by atoms with E-state index in [9.17, 15) is 17.9 Å². The second-order valence-electron chi connectivity index (χ2n) is 5.64. The summed E-state index contributed by atoms with van der Waals surface area (Å²) in [5.74, 6) is 0. The molecule has 0 aliphatic rings. The van der Waals surface area contributed by atoms with E-state index in [1.807, 2.05) is 6.92 Å². The van der Waals surface area contributed by atoms with Gasteiger partial charge in [0.05, 0.1) is 11.5 Å². The van der Waals surface area contributed by atoms with Gasteiger partial charge in [0.15, 0.2) is 5.67 Å². The van der Waals surface area contributed by atoms with Gasteiger partial charge < -0.3 is 5.11 Å². The molecule has 24 heavy (non-hydrogen) atoms. The van der Waals surface area contributed by atoms with Crippen molar-refractivity contribution in [2.45, 2.75) is 23.9 Å². The number of rotatable bonds is 7. The summed E-state index contributed by atoms with van der Waals surface area (Å²) in [4.78, 5) is -0.0444. The van der Waals surface area contributed by atoms with Crippen molar-refractivity contribution in [2.24, 2.45) is 0 Å². The summed E-state index contributed by atoms with van der Waals surface area (Å²) in [5.41, 5.74) is -0.656. The minimum Gasteiger partial charge on any atom is -0.393 e. The van der Waals surface area contributed by atoms with Crippen molar-refractivity contribution in [3.05, 3.63) is 64.1 Å². The number of hydrogen-bond acceptors (Lipinski definition) is 4. The zero-order valence-corrected chi connectivity index (χ0v) is 15.5. The minimum absolute atomic E-state index is 0.0444. The van der Waals surface area contributed by atoms with Crippen molar-refractivity contribution >= 4 is 26.0 Å². The van der Waals surface area contributed by atoms with Gasteiger partial charge in [-0.1, -0.05) is 45.8 Å². The Morgan fingerprint density at radius 3 is 2.25 bits per heavy atom. The standard InChI is InChI=1S/C17H18BrFO4S/c1-13-2-8-16(9-3-13)24(21,22)23-12-17(19,11-20)10-14-4-6-15(18)7-5-14/h2-9,20H,10-12H2,1H3. The summed E-state index contributed by atoms with van der Waals surface area (Å²) >= 11 is 3.28. The van der Waals surface area contributed by atoms with Crippen molar-refractivity contribution in [2.75, 3.05) is 13.2 Å². The molecule has 2 rings (SSSR count). The van der Waals surface area contributed by atoms with E-state index in [0.717, 1.165) is 10.0 Å². The molecular formula is C17H18BrFO4S. The molecule has 0 amide bonds. The highest BCUT2D eigenvalue weighted by molar-refractivity contribution is 9.10. The Kier molecular flexibility index (Phi) is 6.14. The molecule has 0 aromatic heterocycles. The first-order chi connectivity index (χ1) is 11.2. The lowest BCUT2D eigenvalue weighted by Crippen LogP contribution is -2.37.